The van der Waals surface area contributed by atoms with Crippen LogP contribution in [-0.4, -0.2) is 62.3 Å². The largest absolute Gasteiger partial charge is 0.494 e. The minimum atomic E-state index is -0.199. The third-order valence-electron chi connectivity index (χ3n) is 11.1. The Hall–Kier alpha value is -4.76. The Morgan fingerprint density at radius 1 is 1.11 bits per heavy atom. The molecule has 47 heavy (non-hydrogen) atoms. The molecule has 2 aromatic carbocycles. The van der Waals surface area contributed by atoms with Crippen LogP contribution in [0, 0.1) is 11.8 Å². The molecule has 9 heteroatoms. The molecule has 3 fully saturated rings. The lowest BCUT2D eigenvalue weighted by Gasteiger charge is -2.27. The predicted molar refractivity (Wildman–Crippen MR) is 183 cm³/mol. The standard InChI is InChI=1S/C38H38N6O3/c1-20-12-34(45)40-28-10-8-22(13-27(20)28)23-6-7-24-16-32(43(31(24)15-23)18-21-4-5-21)37-41-29-14-26(17-33(47-3)36(29)42(37)2)38(46)44-19-25-9-11-30(44)35(25)39/h6-8,10,12-17,21-22,25,30,35H,4-5,9,11,18-19,39H2,1-3H3/t22?,25?,30?,35-/m1/s1. The van der Waals surface area contributed by atoms with Gasteiger partial charge in [-0.05, 0) is 85.9 Å². The average molecular weight is 627 g/mol. The number of nitrogens with zero attached hydrogens (tertiary/aromatic N) is 5. The number of fused-ring (bicyclic) bond motifs is 5. The molecule has 2 amide bonds. The second-order valence-corrected chi connectivity index (χ2v) is 14.0. The van der Waals surface area contributed by atoms with Crippen LogP contribution in [0.1, 0.15) is 54.4 Å². The van der Waals surface area contributed by atoms with E-state index in [1.165, 1.54) is 23.9 Å². The lowest BCUT2D eigenvalue weighted by atomic mass is 9.86. The normalized spacial score (nSPS) is 25.0. The fraction of sp³-hybridized carbons (Fsp3) is 0.368. The van der Waals surface area contributed by atoms with Gasteiger partial charge in [0.25, 0.3) is 11.8 Å². The molecule has 4 heterocycles. The number of hydrogen-bond donors (Lipinski definition) is 1. The Morgan fingerprint density at radius 3 is 2.70 bits per heavy atom. The number of benzene rings is 2. The van der Waals surface area contributed by atoms with Crippen LogP contribution in [0.25, 0.3) is 33.5 Å². The van der Waals surface area contributed by atoms with Crippen molar-refractivity contribution in [2.75, 3.05) is 13.7 Å². The summed E-state index contributed by atoms with van der Waals surface area (Å²) in [6.07, 6.45) is 12.5. The summed E-state index contributed by atoms with van der Waals surface area (Å²) < 4.78 is 10.4. The Morgan fingerprint density at radius 2 is 1.96 bits per heavy atom. The highest BCUT2D eigenvalue weighted by Crippen LogP contribution is 2.41. The number of rotatable bonds is 6. The number of ether oxygens (including phenoxy) is 1. The molecule has 4 aromatic rings. The van der Waals surface area contributed by atoms with Gasteiger partial charge in [-0.25, -0.2) is 9.98 Å². The lowest BCUT2D eigenvalue weighted by Crippen LogP contribution is -2.41. The number of aromatic nitrogens is 3. The predicted octanol–water partition coefficient (Wildman–Crippen LogP) is 5.68. The molecule has 2 saturated carbocycles. The molecule has 238 valence electrons. The van der Waals surface area contributed by atoms with E-state index in [4.69, 9.17) is 15.5 Å². The van der Waals surface area contributed by atoms with Crippen molar-refractivity contribution >= 4 is 39.5 Å². The molecule has 9 nitrogen and oxygen atoms in total. The molecule has 9 rings (SSSR count). The van der Waals surface area contributed by atoms with Gasteiger partial charge in [0.05, 0.1) is 24.0 Å². The number of piperidine rings is 1. The number of aliphatic imine (C=N–C) groups is 1. The van der Waals surface area contributed by atoms with Gasteiger partial charge in [-0.3, -0.25) is 9.59 Å². The molecule has 3 aliphatic carbocycles. The number of aryl methyl sites for hydroxylation is 1. The van der Waals surface area contributed by atoms with Crippen LogP contribution in [0.5, 0.6) is 5.75 Å². The summed E-state index contributed by atoms with van der Waals surface area (Å²) in [7, 11) is 3.68. The number of nitrogens with two attached hydrogens (primary N) is 1. The summed E-state index contributed by atoms with van der Waals surface area (Å²) in [6, 6.07) is 12.9. The van der Waals surface area contributed by atoms with Crippen molar-refractivity contribution in [2.24, 2.45) is 29.6 Å². The smallest absolute Gasteiger partial charge is 0.270 e. The van der Waals surface area contributed by atoms with Gasteiger partial charge in [0.2, 0.25) is 0 Å². The first-order chi connectivity index (χ1) is 22.8. The van der Waals surface area contributed by atoms with E-state index in [1.807, 2.05) is 37.1 Å². The number of methoxy groups -OCH3 is 1. The first-order valence-corrected chi connectivity index (χ1v) is 16.7. The summed E-state index contributed by atoms with van der Waals surface area (Å²) in [5.41, 5.74) is 14.8. The number of hydrogen-bond acceptors (Lipinski definition) is 5. The van der Waals surface area contributed by atoms with E-state index >= 15 is 0 Å². The van der Waals surface area contributed by atoms with Crippen LogP contribution in [-0.2, 0) is 18.4 Å². The maximum atomic E-state index is 13.8. The zero-order valence-electron chi connectivity index (χ0n) is 26.9. The molecular weight excluding hydrogens is 588 g/mol. The van der Waals surface area contributed by atoms with Crippen molar-refractivity contribution in [3.8, 4) is 17.3 Å². The van der Waals surface area contributed by atoms with E-state index in [2.05, 4.69) is 50.5 Å². The minimum Gasteiger partial charge on any atom is -0.494 e. The maximum Gasteiger partial charge on any atom is 0.270 e. The molecule has 0 spiro atoms. The highest BCUT2D eigenvalue weighted by Gasteiger charge is 2.47. The Balaban J connectivity index is 1.13. The van der Waals surface area contributed by atoms with Crippen molar-refractivity contribution in [3.63, 3.8) is 0 Å². The number of dihydropyridines is 1. The molecule has 2 N–H and O–H groups in total. The number of amides is 2. The van der Waals surface area contributed by atoms with Gasteiger partial charge in [0.1, 0.15) is 11.3 Å². The van der Waals surface area contributed by atoms with Gasteiger partial charge in [0, 0.05) is 66.3 Å². The topological polar surface area (TPSA) is 108 Å². The van der Waals surface area contributed by atoms with Crippen LogP contribution < -0.4 is 10.5 Å². The quantitative estimate of drug-likeness (QED) is 0.296. The molecule has 5 aliphatic rings. The number of allylic oxidation sites excluding steroid dienone is 5. The summed E-state index contributed by atoms with van der Waals surface area (Å²) >= 11 is 0. The maximum absolute atomic E-state index is 13.8. The third kappa shape index (κ3) is 4.47. The summed E-state index contributed by atoms with van der Waals surface area (Å²) in [6.45, 7) is 3.62. The second-order valence-electron chi connectivity index (χ2n) is 14.0. The molecule has 2 aromatic heterocycles. The van der Waals surface area contributed by atoms with Crippen molar-refractivity contribution in [3.05, 3.63) is 83.0 Å². The first kappa shape index (κ1) is 28.5. The van der Waals surface area contributed by atoms with E-state index in [-0.39, 0.29) is 29.8 Å². The molecule has 0 radical (unpaired) electrons. The zero-order chi connectivity index (χ0) is 32.1. The second kappa shape index (κ2) is 10.4. The molecule has 1 saturated heterocycles. The fourth-order valence-corrected chi connectivity index (χ4v) is 8.34. The van der Waals surface area contributed by atoms with Crippen molar-refractivity contribution in [1.29, 1.82) is 0 Å². The summed E-state index contributed by atoms with van der Waals surface area (Å²) in [4.78, 5) is 37.1. The number of carbonyl (C=O) groups excluding carboxylic acids is 2. The van der Waals surface area contributed by atoms with E-state index < -0.39 is 0 Å². The average Bonchev–Trinajstić information content (AvgIpc) is 3.47. The van der Waals surface area contributed by atoms with Crippen molar-refractivity contribution in [1.82, 2.24) is 19.0 Å². The van der Waals surface area contributed by atoms with E-state index in [1.54, 1.807) is 13.2 Å². The van der Waals surface area contributed by atoms with Gasteiger partial charge in [-0.2, -0.15) is 0 Å². The molecular formula is C38H38N6O3. The van der Waals surface area contributed by atoms with Gasteiger partial charge >= 0.3 is 0 Å². The Labute approximate surface area is 273 Å². The summed E-state index contributed by atoms with van der Waals surface area (Å²) in [5, 5.41) is 1.16. The molecule has 2 bridgehead atoms. The molecule has 2 aliphatic heterocycles. The van der Waals surface area contributed by atoms with Gasteiger partial charge < -0.3 is 24.5 Å². The minimum absolute atomic E-state index is 0.00561. The third-order valence-corrected chi connectivity index (χ3v) is 11.1. The number of imidazole rings is 1. The zero-order valence-corrected chi connectivity index (χ0v) is 26.9. The highest BCUT2D eigenvalue weighted by atomic mass is 16.5. The monoisotopic (exact) mass is 626 g/mol. The van der Waals surface area contributed by atoms with Gasteiger partial charge in [-0.1, -0.05) is 24.3 Å². The van der Waals surface area contributed by atoms with Crippen molar-refractivity contribution < 1.29 is 14.3 Å². The fourth-order valence-electron chi connectivity index (χ4n) is 8.34. The number of carbonyl (C=O) groups is 2. The highest BCUT2D eigenvalue weighted by molar-refractivity contribution is 6.20. The molecule has 3 unspecified atom stereocenters. The lowest BCUT2D eigenvalue weighted by molar-refractivity contribution is -0.113. The first-order valence-electron chi connectivity index (χ1n) is 16.7. The van der Waals surface area contributed by atoms with Gasteiger partial charge in [0.15, 0.2) is 5.82 Å². The van der Waals surface area contributed by atoms with E-state index in [9.17, 15) is 9.59 Å². The van der Waals surface area contributed by atoms with E-state index in [0.29, 0.717) is 23.1 Å². The molecule has 4 atom stereocenters. The van der Waals surface area contributed by atoms with E-state index in [0.717, 1.165) is 70.7 Å². The van der Waals surface area contributed by atoms with Crippen LogP contribution in [0.4, 0.5) is 0 Å². The SMILES string of the molecule is COc1cc(C(=O)N2CC3CCC2[C@@H]3N)cc2nc(-c3cc4ccc(C5C=CC6=NC(=O)C=C(C)C6=C5)cc4n3CC3CC3)n(C)c12. The Bertz CT molecular complexity index is 2160. The van der Waals surface area contributed by atoms with Crippen molar-refractivity contribution in [2.45, 2.75) is 57.2 Å². The van der Waals surface area contributed by atoms with Gasteiger partial charge in [-0.15, -0.1) is 0 Å². The van der Waals surface area contributed by atoms with Crippen LogP contribution in [0.15, 0.2) is 76.8 Å². The number of likely N-dealkylation sites (tertiary alicyclic amines) is 1. The van der Waals surface area contributed by atoms with Crippen LogP contribution >= 0.6 is 0 Å². The summed E-state index contributed by atoms with van der Waals surface area (Å²) in [5.74, 6) is 2.40. The van der Waals surface area contributed by atoms with Crippen LogP contribution in [0.3, 0.4) is 0 Å². The Kier molecular flexibility index (Phi) is 6.28. The van der Waals surface area contributed by atoms with Crippen LogP contribution in [0.2, 0.25) is 0 Å².